The van der Waals surface area contributed by atoms with E-state index in [0.717, 1.165) is 23.3 Å². The van der Waals surface area contributed by atoms with Gasteiger partial charge in [-0.1, -0.05) is 65.0 Å². The second kappa shape index (κ2) is 12.4. The Morgan fingerprint density at radius 3 is 2.21 bits per heavy atom. The number of carbonyl (C=O) groups is 2. The average molecular weight is 469 g/mol. The highest BCUT2D eigenvalue weighted by molar-refractivity contribution is 5.88. The van der Waals surface area contributed by atoms with Crippen molar-refractivity contribution >= 4 is 11.8 Å². The van der Waals surface area contributed by atoms with E-state index in [0.29, 0.717) is 18.7 Å². The van der Waals surface area contributed by atoms with Crippen LogP contribution in [0.5, 0.6) is 11.5 Å². The molecule has 1 N–H and O–H groups in total. The summed E-state index contributed by atoms with van der Waals surface area (Å²) in [5, 5.41) is 3.03. The summed E-state index contributed by atoms with van der Waals surface area (Å²) in [6.07, 6.45) is 1.32. The fourth-order valence-corrected chi connectivity index (χ4v) is 3.72. The Morgan fingerprint density at radius 2 is 1.65 bits per heavy atom. The van der Waals surface area contributed by atoms with Crippen molar-refractivity contribution in [3.8, 4) is 11.5 Å². The summed E-state index contributed by atoms with van der Waals surface area (Å²) in [5.41, 5.74) is 1.83. The van der Waals surface area contributed by atoms with Crippen molar-refractivity contribution in [2.75, 3.05) is 13.7 Å². The number of nitrogens with zero attached hydrogens (tertiary/aromatic N) is 1. The topological polar surface area (TPSA) is 67.9 Å². The molecule has 6 heteroatoms. The standard InChI is InChI=1S/C28H40N2O4/c1-8-20(3)29-27(32)24(9-2)30(18-21-14-16-22(33-7)17-15-21)26(31)19-34-25-13-11-10-12-23(25)28(4,5)6/h10-17,20,24H,8-9,18-19H2,1-7H3,(H,29,32)/t20-,24-/m1/s1. The molecule has 0 bridgehead atoms. The van der Waals surface area contributed by atoms with E-state index in [4.69, 9.17) is 9.47 Å². The molecule has 0 aliphatic heterocycles. The number of benzene rings is 2. The van der Waals surface area contributed by atoms with E-state index in [-0.39, 0.29) is 29.9 Å². The van der Waals surface area contributed by atoms with Crippen LogP contribution in [0.2, 0.25) is 0 Å². The zero-order chi connectivity index (χ0) is 25.3. The average Bonchev–Trinajstić information content (AvgIpc) is 2.82. The summed E-state index contributed by atoms with van der Waals surface area (Å²) in [6.45, 7) is 12.4. The van der Waals surface area contributed by atoms with E-state index in [1.165, 1.54) is 0 Å². The Morgan fingerprint density at radius 1 is 1.00 bits per heavy atom. The summed E-state index contributed by atoms with van der Waals surface area (Å²) in [6, 6.07) is 14.7. The predicted octanol–water partition coefficient (Wildman–Crippen LogP) is 5.09. The summed E-state index contributed by atoms with van der Waals surface area (Å²) < 4.78 is 11.3. The van der Waals surface area contributed by atoms with Gasteiger partial charge in [0, 0.05) is 12.6 Å². The SMILES string of the molecule is CC[C@@H](C)NC(=O)[C@@H](CC)N(Cc1ccc(OC)cc1)C(=O)COc1ccccc1C(C)(C)C. The molecular formula is C28H40N2O4. The van der Waals surface area contributed by atoms with Gasteiger partial charge in [0.25, 0.3) is 5.91 Å². The van der Waals surface area contributed by atoms with E-state index >= 15 is 0 Å². The fraction of sp³-hybridized carbons (Fsp3) is 0.500. The van der Waals surface area contributed by atoms with Gasteiger partial charge in [0.2, 0.25) is 5.91 Å². The highest BCUT2D eigenvalue weighted by Crippen LogP contribution is 2.31. The van der Waals surface area contributed by atoms with Crippen molar-refractivity contribution in [1.29, 1.82) is 0 Å². The van der Waals surface area contributed by atoms with Gasteiger partial charge in [0.15, 0.2) is 6.61 Å². The van der Waals surface area contributed by atoms with Crippen LogP contribution in [0.25, 0.3) is 0 Å². The van der Waals surface area contributed by atoms with Crippen LogP contribution in [0.4, 0.5) is 0 Å². The molecule has 2 aromatic carbocycles. The molecule has 0 saturated carbocycles. The van der Waals surface area contributed by atoms with Gasteiger partial charge in [-0.25, -0.2) is 0 Å². The van der Waals surface area contributed by atoms with Gasteiger partial charge in [-0.05, 0) is 54.5 Å². The number of nitrogens with one attached hydrogen (secondary N) is 1. The zero-order valence-corrected chi connectivity index (χ0v) is 21.7. The molecule has 0 fully saturated rings. The number of carbonyl (C=O) groups excluding carboxylic acids is 2. The minimum Gasteiger partial charge on any atom is -0.497 e. The van der Waals surface area contributed by atoms with Gasteiger partial charge in [0.05, 0.1) is 7.11 Å². The molecule has 0 aromatic heterocycles. The Labute approximate surface area is 204 Å². The van der Waals surface area contributed by atoms with Gasteiger partial charge < -0.3 is 19.7 Å². The third-order valence-electron chi connectivity index (χ3n) is 5.95. The first kappa shape index (κ1) is 27.2. The van der Waals surface area contributed by atoms with E-state index < -0.39 is 6.04 Å². The van der Waals surface area contributed by atoms with E-state index in [1.54, 1.807) is 12.0 Å². The quantitative estimate of drug-likeness (QED) is 0.499. The summed E-state index contributed by atoms with van der Waals surface area (Å²) in [5.74, 6) is 1.05. The highest BCUT2D eigenvalue weighted by Gasteiger charge is 2.30. The molecule has 2 amide bonds. The summed E-state index contributed by atoms with van der Waals surface area (Å²) in [4.78, 5) is 28.2. The third-order valence-corrected chi connectivity index (χ3v) is 5.95. The van der Waals surface area contributed by atoms with Gasteiger partial charge in [-0.3, -0.25) is 9.59 Å². The number of para-hydroxylation sites is 1. The van der Waals surface area contributed by atoms with Gasteiger partial charge in [-0.2, -0.15) is 0 Å². The molecule has 0 spiro atoms. The van der Waals surface area contributed by atoms with Crippen molar-refractivity contribution in [1.82, 2.24) is 10.2 Å². The van der Waals surface area contributed by atoms with Crippen LogP contribution < -0.4 is 14.8 Å². The lowest BCUT2D eigenvalue weighted by atomic mass is 9.86. The molecule has 186 valence electrons. The summed E-state index contributed by atoms with van der Waals surface area (Å²) >= 11 is 0. The molecule has 0 heterocycles. The third kappa shape index (κ3) is 7.51. The molecular weight excluding hydrogens is 428 g/mol. The Balaban J connectivity index is 2.28. The molecule has 2 atom stereocenters. The molecule has 2 rings (SSSR count). The normalized spacial score (nSPS) is 13.0. The maximum Gasteiger partial charge on any atom is 0.261 e. The van der Waals surface area contributed by atoms with Crippen molar-refractivity contribution in [2.24, 2.45) is 0 Å². The molecule has 0 saturated heterocycles. The van der Waals surface area contributed by atoms with Gasteiger partial charge in [-0.15, -0.1) is 0 Å². The number of ether oxygens (including phenoxy) is 2. The van der Waals surface area contributed by atoms with Crippen LogP contribution >= 0.6 is 0 Å². The van der Waals surface area contributed by atoms with Crippen LogP contribution in [0.15, 0.2) is 48.5 Å². The zero-order valence-electron chi connectivity index (χ0n) is 21.7. The Bertz CT molecular complexity index is 934. The second-order valence-electron chi connectivity index (χ2n) is 9.65. The van der Waals surface area contributed by atoms with E-state index in [1.807, 2.05) is 69.3 Å². The van der Waals surface area contributed by atoms with Crippen molar-refractivity contribution < 1.29 is 19.1 Å². The van der Waals surface area contributed by atoms with Crippen LogP contribution in [-0.4, -0.2) is 42.5 Å². The number of methoxy groups -OCH3 is 1. The van der Waals surface area contributed by atoms with Gasteiger partial charge >= 0.3 is 0 Å². The minimum absolute atomic E-state index is 0.0365. The van der Waals surface area contributed by atoms with Crippen LogP contribution in [0.1, 0.15) is 65.5 Å². The monoisotopic (exact) mass is 468 g/mol. The first-order valence-electron chi connectivity index (χ1n) is 12.1. The molecule has 0 radical (unpaired) electrons. The second-order valence-corrected chi connectivity index (χ2v) is 9.65. The molecule has 6 nitrogen and oxygen atoms in total. The lowest BCUT2D eigenvalue weighted by Gasteiger charge is -2.31. The van der Waals surface area contributed by atoms with E-state index in [9.17, 15) is 9.59 Å². The largest absolute Gasteiger partial charge is 0.497 e. The number of amides is 2. The fourth-order valence-electron chi connectivity index (χ4n) is 3.72. The van der Waals surface area contributed by atoms with Gasteiger partial charge in [0.1, 0.15) is 17.5 Å². The first-order chi connectivity index (χ1) is 16.1. The maximum atomic E-state index is 13.5. The Kier molecular flexibility index (Phi) is 9.97. The van der Waals surface area contributed by atoms with Crippen molar-refractivity contribution in [2.45, 2.75) is 78.4 Å². The maximum absolute atomic E-state index is 13.5. The van der Waals surface area contributed by atoms with Crippen LogP contribution in [0, 0.1) is 0 Å². The van der Waals surface area contributed by atoms with Crippen molar-refractivity contribution in [3.63, 3.8) is 0 Å². The number of hydrogen-bond donors (Lipinski definition) is 1. The Hall–Kier alpha value is -3.02. The van der Waals surface area contributed by atoms with Crippen LogP contribution in [0.3, 0.4) is 0 Å². The molecule has 2 aromatic rings. The van der Waals surface area contributed by atoms with Crippen molar-refractivity contribution in [3.05, 3.63) is 59.7 Å². The molecule has 34 heavy (non-hydrogen) atoms. The molecule has 0 aliphatic rings. The molecule has 0 aliphatic carbocycles. The summed E-state index contributed by atoms with van der Waals surface area (Å²) in [7, 11) is 1.62. The van der Waals surface area contributed by atoms with E-state index in [2.05, 4.69) is 26.1 Å². The highest BCUT2D eigenvalue weighted by atomic mass is 16.5. The lowest BCUT2D eigenvalue weighted by molar-refractivity contribution is -0.143. The smallest absolute Gasteiger partial charge is 0.261 e. The minimum atomic E-state index is -0.593. The first-order valence-corrected chi connectivity index (χ1v) is 12.1. The van der Waals surface area contributed by atoms with Crippen LogP contribution in [-0.2, 0) is 21.5 Å². The number of rotatable bonds is 11. The number of hydrogen-bond acceptors (Lipinski definition) is 4. The predicted molar refractivity (Wildman–Crippen MR) is 136 cm³/mol. The molecule has 0 unspecified atom stereocenters. The lowest BCUT2D eigenvalue weighted by Crippen LogP contribution is -2.51.